The van der Waals surface area contributed by atoms with E-state index in [1.807, 2.05) is 41.5 Å². The van der Waals surface area contributed by atoms with Gasteiger partial charge in [-0.1, -0.05) is 0 Å². The van der Waals surface area contributed by atoms with Crippen LogP contribution in [-0.2, 0) is 23.7 Å². The van der Waals surface area contributed by atoms with Gasteiger partial charge in [-0.3, -0.25) is 0 Å². The van der Waals surface area contributed by atoms with Gasteiger partial charge in [-0.15, -0.1) is 0 Å². The smallest absolute Gasteiger partial charge is 0.115 e. The Kier molecular flexibility index (Phi) is 7.07. The molecule has 5 heteroatoms. The number of hydrogen-bond acceptors (Lipinski definition) is 5. The monoisotopic (exact) mass is 304 g/mol. The molecule has 126 valence electrons. The highest BCUT2D eigenvalue weighted by Gasteiger charge is 2.41. The normalized spacial score (nSPS) is 27.3. The van der Waals surface area contributed by atoms with Crippen LogP contribution in [0.15, 0.2) is 0 Å². The third-order valence-electron chi connectivity index (χ3n) is 3.00. The maximum Gasteiger partial charge on any atom is 0.115 e. The molecule has 1 saturated heterocycles. The van der Waals surface area contributed by atoms with Gasteiger partial charge in [0.05, 0.1) is 37.6 Å². The Hall–Kier alpha value is -0.200. The summed E-state index contributed by atoms with van der Waals surface area (Å²) in [5.74, 6) is 0. The second-order valence-electron chi connectivity index (χ2n) is 7.39. The summed E-state index contributed by atoms with van der Waals surface area (Å²) in [5, 5.41) is 0. The predicted molar refractivity (Wildman–Crippen MR) is 81.7 cm³/mol. The van der Waals surface area contributed by atoms with Crippen LogP contribution in [0.25, 0.3) is 0 Å². The van der Waals surface area contributed by atoms with E-state index >= 15 is 0 Å². The Morgan fingerprint density at radius 1 is 1.00 bits per heavy atom. The van der Waals surface area contributed by atoms with Crippen LogP contribution in [0.2, 0.25) is 0 Å². The third kappa shape index (κ3) is 7.56. The van der Waals surface area contributed by atoms with Crippen LogP contribution in [0.4, 0.5) is 0 Å². The van der Waals surface area contributed by atoms with Gasteiger partial charge >= 0.3 is 0 Å². The van der Waals surface area contributed by atoms with Crippen LogP contribution in [0, 0.1) is 0 Å². The highest BCUT2D eigenvalue weighted by atomic mass is 16.6. The molecule has 5 nitrogen and oxygen atoms in total. The van der Waals surface area contributed by atoms with Crippen molar-refractivity contribution in [1.29, 1.82) is 0 Å². The lowest BCUT2D eigenvalue weighted by Gasteiger charge is -2.32. The standard InChI is InChI=1S/C16H32O5/c1-15(2,3)20-11-13-14(21-16(4,5)6)12(10-19-13)18-9-8-17-7/h12-14H,8-11H2,1-7H3. The molecule has 0 bridgehead atoms. The summed E-state index contributed by atoms with van der Waals surface area (Å²) in [6, 6.07) is 0. The first kappa shape index (κ1) is 18.8. The summed E-state index contributed by atoms with van der Waals surface area (Å²) in [7, 11) is 1.66. The number of ether oxygens (including phenoxy) is 5. The number of methoxy groups -OCH3 is 1. The maximum absolute atomic E-state index is 6.15. The Morgan fingerprint density at radius 2 is 1.67 bits per heavy atom. The van der Waals surface area contributed by atoms with E-state index in [1.165, 1.54) is 0 Å². The topological polar surface area (TPSA) is 46.2 Å². The maximum atomic E-state index is 6.15. The Balaban J connectivity index is 2.60. The van der Waals surface area contributed by atoms with E-state index in [-0.39, 0.29) is 29.5 Å². The summed E-state index contributed by atoms with van der Waals surface area (Å²) in [4.78, 5) is 0. The second-order valence-corrected chi connectivity index (χ2v) is 7.39. The lowest BCUT2D eigenvalue weighted by Crippen LogP contribution is -2.43. The Morgan fingerprint density at radius 3 is 2.19 bits per heavy atom. The van der Waals surface area contributed by atoms with Gasteiger partial charge in [-0.2, -0.15) is 0 Å². The summed E-state index contributed by atoms with van der Waals surface area (Å²) in [5.41, 5.74) is -0.439. The SMILES string of the molecule is COCCOC1COC(COC(C)(C)C)C1OC(C)(C)C. The van der Waals surface area contributed by atoms with Crippen molar-refractivity contribution in [2.75, 3.05) is 33.5 Å². The molecular weight excluding hydrogens is 272 g/mol. The van der Waals surface area contributed by atoms with Crippen molar-refractivity contribution in [1.82, 2.24) is 0 Å². The molecule has 0 amide bonds. The number of hydrogen-bond donors (Lipinski definition) is 0. The van der Waals surface area contributed by atoms with E-state index in [9.17, 15) is 0 Å². The lowest BCUT2D eigenvalue weighted by molar-refractivity contribution is -0.145. The van der Waals surface area contributed by atoms with E-state index < -0.39 is 0 Å². The molecule has 1 aliphatic heterocycles. The zero-order chi connectivity index (χ0) is 16.1. The minimum absolute atomic E-state index is 0.0760. The largest absolute Gasteiger partial charge is 0.382 e. The first-order chi connectivity index (χ1) is 9.62. The Labute approximate surface area is 129 Å². The first-order valence-corrected chi connectivity index (χ1v) is 7.66. The fourth-order valence-electron chi connectivity index (χ4n) is 2.11. The van der Waals surface area contributed by atoms with Crippen LogP contribution < -0.4 is 0 Å². The fourth-order valence-corrected chi connectivity index (χ4v) is 2.11. The van der Waals surface area contributed by atoms with Gasteiger partial charge in [-0.25, -0.2) is 0 Å². The summed E-state index contributed by atoms with van der Waals surface area (Å²) in [6.07, 6.45) is -0.298. The van der Waals surface area contributed by atoms with E-state index in [4.69, 9.17) is 23.7 Å². The predicted octanol–water partition coefficient (Wildman–Crippen LogP) is 2.42. The van der Waals surface area contributed by atoms with Crippen LogP contribution in [0.1, 0.15) is 41.5 Å². The minimum Gasteiger partial charge on any atom is -0.382 e. The molecule has 0 aromatic carbocycles. The molecule has 0 aromatic heterocycles. The molecule has 21 heavy (non-hydrogen) atoms. The average molecular weight is 304 g/mol. The van der Waals surface area contributed by atoms with Gasteiger partial charge < -0.3 is 23.7 Å². The molecule has 0 saturated carbocycles. The quantitative estimate of drug-likeness (QED) is 0.676. The molecule has 0 spiro atoms. The van der Waals surface area contributed by atoms with E-state index in [0.29, 0.717) is 26.4 Å². The molecule has 3 atom stereocenters. The second kappa shape index (κ2) is 7.88. The molecule has 3 unspecified atom stereocenters. The van der Waals surface area contributed by atoms with Crippen molar-refractivity contribution in [3.8, 4) is 0 Å². The minimum atomic E-state index is -0.249. The van der Waals surface area contributed by atoms with E-state index in [2.05, 4.69) is 0 Å². The van der Waals surface area contributed by atoms with Gasteiger partial charge in [0, 0.05) is 7.11 Å². The van der Waals surface area contributed by atoms with Crippen LogP contribution in [0.3, 0.4) is 0 Å². The van der Waals surface area contributed by atoms with Crippen molar-refractivity contribution >= 4 is 0 Å². The zero-order valence-electron chi connectivity index (χ0n) is 14.6. The molecule has 0 aliphatic carbocycles. The zero-order valence-corrected chi connectivity index (χ0v) is 14.6. The molecule has 1 rings (SSSR count). The highest BCUT2D eigenvalue weighted by molar-refractivity contribution is 4.88. The summed E-state index contributed by atoms with van der Waals surface area (Å²) in [6.45, 7) is 14.4. The van der Waals surface area contributed by atoms with Gasteiger partial charge in [0.1, 0.15) is 18.3 Å². The Bertz CT molecular complexity index is 292. The number of rotatable bonds is 7. The van der Waals surface area contributed by atoms with Crippen molar-refractivity contribution in [2.45, 2.75) is 71.1 Å². The highest BCUT2D eigenvalue weighted by Crippen LogP contribution is 2.26. The van der Waals surface area contributed by atoms with Crippen molar-refractivity contribution in [3.63, 3.8) is 0 Å². The van der Waals surface area contributed by atoms with Gasteiger partial charge in [0.2, 0.25) is 0 Å². The van der Waals surface area contributed by atoms with Crippen LogP contribution in [0.5, 0.6) is 0 Å². The first-order valence-electron chi connectivity index (χ1n) is 7.66. The average Bonchev–Trinajstić information content (AvgIpc) is 2.67. The molecule has 0 radical (unpaired) electrons. The van der Waals surface area contributed by atoms with Gasteiger partial charge in [-0.05, 0) is 41.5 Å². The molecule has 1 fully saturated rings. The molecular formula is C16H32O5. The lowest BCUT2D eigenvalue weighted by atomic mass is 10.1. The van der Waals surface area contributed by atoms with Crippen LogP contribution in [-0.4, -0.2) is 63.1 Å². The van der Waals surface area contributed by atoms with Gasteiger partial charge in [0.25, 0.3) is 0 Å². The summed E-state index contributed by atoms with van der Waals surface area (Å²) >= 11 is 0. The molecule has 0 aromatic rings. The van der Waals surface area contributed by atoms with Crippen molar-refractivity contribution in [2.24, 2.45) is 0 Å². The van der Waals surface area contributed by atoms with Crippen molar-refractivity contribution < 1.29 is 23.7 Å². The van der Waals surface area contributed by atoms with E-state index in [1.54, 1.807) is 7.11 Å². The molecule has 0 N–H and O–H groups in total. The summed E-state index contributed by atoms with van der Waals surface area (Å²) < 4.78 is 28.7. The van der Waals surface area contributed by atoms with Crippen LogP contribution >= 0.6 is 0 Å². The molecule has 1 aliphatic rings. The molecule has 1 heterocycles. The fraction of sp³-hybridized carbons (Fsp3) is 1.00. The van der Waals surface area contributed by atoms with E-state index in [0.717, 1.165) is 0 Å². The third-order valence-corrected chi connectivity index (χ3v) is 3.00. The van der Waals surface area contributed by atoms with Gasteiger partial charge in [0.15, 0.2) is 0 Å². The van der Waals surface area contributed by atoms with Crippen molar-refractivity contribution in [3.05, 3.63) is 0 Å².